The van der Waals surface area contributed by atoms with Gasteiger partial charge in [0.25, 0.3) is 0 Å². The molecule has 1 aromatic carbocycles. The van der Waals surface area contributed by atoms with Crippen molar-refractivity contribution in [1.82, 2.24) is 4.72 Å². The summed E-state index contributed by atoms with van der Waals surface area (Å²) in [7, 11) is -3.52. The highest BCUT2D eigenvalue weighted by atomic mass is 32.2. The second-order valence-electron chi connectivity index (χ2n) is 9.24. The lowest BCUT2D eigenvalue weighted by Gasteiger charge is -2.62. The first-order chi connectivity index (χ1) is 14.2. The van der Waals surface area contributed by atoms with E-state index in [4.69, 9.17) is 5.11 Å². The molecule has 0 heterocycles. The smallest absolute Gasteiger partial charge is 0.303 e. The number of fused-ring (bicyclic) bond motifs is 2. The predicted molar refractivity (Wildman–Crippen MR) is 120 cm³/mol. The maximum atomic E-state index is 12.7. The van der Waals surface area contributed by atoms with Crippen molar-refractivity contribution < 1.29 is 18.3 Å². The normalized spacial score (nSPS) is 27.9. The van der Waals surface area contributed by atoms with E-state index < -0.39 is 16.0 Å². The average molecular weight is 432 g/mol. The molecular formula is C24H33NO4S. The lowest BCUT2D eigenvalue weighted by molar-refractivity contribution is -0.137. The third-order valence-corrected chi connectivity index (χ3v) is 8.14. The number of carboxylic acids is 1. The molecule has 3 aliphatic rings. The largest absolute Gasteiger partial charge is 0.481 e. The minimum absolute atomic E-state index is 0.0594. The Morgan fingerprint density at radius 1 is 1.20 bits per heavy atom. The number of carboxylic acid groups (broad SMARTS) is 1. The van der Waals surface area contributed by atoms with E-state index in [1.807, 2.05) is 36.4 Å². The van der Waals surface area contributed by atoms with Crippen LogP contribution in [-0.2, 0) is 14.8 Å². The molecule has 3 fully saturated rings. The number of sulfonamides is 1. The summed E-state index contributed by atoms with van der Waals surface area (Å²) in [6.07, 6.45) is 10.2. The van der Waals surface area contributed by atoms with E-state index in [1.54, 1.807) is 6.08 Å². The summed E-state index contributed by atoms with van der Waals surface area (Å²) in [6, 6.07) is 9.37. The summed E-state index contributed by atoms with van der Waals surface area (Å²) < 4.78 is 28.4. The molecule has 164 valence electrons. The first-order valence-corrected chi connectivity index (χ1v) is 12.4. The molecule has 0 aliphatic heterocycles. The number of hydrogen-bond acceptors (Lipinski definition) is 3. The van der Waals surface area contributed by atoms with Crippen molar-refractivity contribution in [2.45, 2.75) is 58.4 Å². The molecule has 0 spiro atoms. The van der Waals surface area contributed by atoms with E-state index in [2.05, 4.69) is 24.6 Å². The van der Waals surface area contributed by atoms with Crippen molar-refractivity contribution in [1.29, 1.82) is 0 Å². The number of unbranched alkanes of at least 4 members (excludes halogenated alkanes) is 1. The lowest BCUT2D eigenvalue weighted by Crippen LogP contribution is -2.61. The van der Waals surface area contributed by atoms with Crippen LogP contribution in [0, 0.1) is 23.2 Å². The standard InChI is InChI=1S/C24H33NO4S/c1-24(2)19-16-21(24)20(12-8-3-4-9-13-23(26)27)22(17-19)25-30(28,29)15-14-18-10-6-5-7-11-18/h3,5-8,10-11,14-15,19-22,25H,4,9,12-13,16-17H2,1-2H3,(H,26,27)/b8-3-,15-14+/t19-,20-,21+,22-/m0/s1. The van der Waals surface area contributed by atoms with Crippen LogP contribution in [0.3, 0.4) is 0 Å². The zero-order valence-corrected chi connectivity index (χ0v) is 18.6. The minimum atomic E-state index is -3.52. The number of rotatable bonds is 10. The van der Waals surface area contributed by atoms with Crippen LogP contribution in [0.15, 0.2) is 47.9 Å². The van der Waals surface area contributed by atoms with Gasteiger partial charge in [0.15, 0.2) is 0 Å². The molecule has 0 aromatic heterocycles. The maximum Gasteiger partial charge on any atom is 0.303 e. The Kier molecular flexibility index (Phi) is 7.19. The first kappa shape index (κ1) is 22.8. The summed E-state index contributed by atoms with van der Waals surface area (Å²) in [6.45, 7) is 4.60. The molecule has 0 radical (unpaired) electrons. The van der Waals surface area contributed by atoms with Gasteiger partial charge in [-0.05, 0) is 66.9 Å². The molecule has 2 bridgehead atoms. The van der Waals surface area contributed by atoms with E-state index in [0.29, 0.717) is 18.3 Å². The van der Waals surface area contributed by atoms with Crippen LogP contribution in [-0.4, -0.2) is 25.5 Å². The van der Waals surface area contributed by atoms with Crippen molar-refractivity contribution in [3.05, 3.63) is 53.5 Å². The fourth-order valence-corrected chi connectivity index (χ4v) is 6.24. The number of nitrogens with one attached hydrogen (secondary N) is 1. The van der Waals surface area contributed by atoms with Crippen molar-refractivity contribution in [3.8, 4) is 0 Å². The summed E-state index contributed by atoms with van der Waals surface area (Å²) in [5.41, 5.74) is 1.11. The molecule has 6 heteroatoms. The molecular weight excluding hydrogens is 398 g/mol. The quantitative estimate of drug-likeness (QED) is 0.411. The molecule has 3 aliphatic carbocycles. The van der Waals surface area contributed by atoms with Gasteiger partial charge in [0, 0.05) is 17.9 Å². The topological polar surface area (TPSA) is 83.5 Å². The van der Waals surface area contributed by atoms with E-state index >= 15 is 0 Å². The van der Waals surface area contributed by atoms with Gasteiger partial charge < -0.3 is 5.11 Å². The summed E-state index contributed by atoms with van der Waals surface area (Å²) in [4.78, 5) is 10.6. The van der Waals surface area contributed by atoms with Gasteiger partial charge in [0.2, 0.25) is 10.0 Å². The Balaban J connectivity index is 1.63. The number of benzene rings is 1. The fourth-order valence-electron chi connectivity index (χ4n) is 5.13. The molecule has 0 saturated heterocycles. The SMILES string of the molecule is CC1(C)[C@@H]2C[C@H](NS(=O)(=O)/C=C/c3ccccc3)[C@@H](C/C=C\CCCC(=O)O)[C@H]1C2. The number of hydrogen-bond donors (Lipinski definition) is 2. The van der Waals surface area contributed by atoms with Crippen LogP contribution < -0.4 is 4.72 Å². The summed E-state index contributed by atoms with van der Waals surface area (Å²) in [5.74, 6) is 0.561. The highest BCUT2D eigenvalue weighted by Crippen LogP contribution is 2.62. The van der Waals surface area contributed by atoms with Crippen molar-refractivity contribution in [3.63, 3.8) is 0 Å². The van der Waals surface area contributed by atoms with Crippen molar-refractivity contribution >= 4 is 22.1 Å². The second-order valence-corrected chi connectivity index (χ2v) is 10.8. The molecule has 4 atom stereocenters. The zero-order valence-electron chi connectivity index (χ0n) is 17.8. The van der Waals surface area contributed by atoms with Gasteiger partial charge in [-0.1, -0.05) is 56.3 Å². The first-order valence-electron chi connectivity index (χ1n) is 10.8. The Morgan fingerprint density at radius 3 is 2.60 bits per heavy atom. The number of aliphatic carboxylic acids is 1. The maximum absolute atomic E-state index is 12.7. The van der Waals surface area contributed by atoms with Gasteiger partial charge in [0.1, 0.15) is 0 Å². The van der Waals surface area contributed by atoms with Gasteiger partial charge in [-0.2, -0.15) is 0 Å². The Labute approximate surface area is 180 Å². The molecule has 0 unspecified atom stereocenters. The van der Waals surface area contributed by atoms with Gasteiger partial charge in [-0.25, -0.2) is 13.1 Å². The Hall–Kier alpha value is -1.92. The third-order valence-electron chi connectivity index (χ3n) is 7.01. The Morgan fingerprint density at radius 2 is 1.93 bits per heavy atom. The van der Waals surface area contributed by atoms with Crippen molar-refractivity contribution in [2.75, 3.05) is 0 Å². The third kappa shape index (κ3) is 5.61. The Bertz CT molecular complexity index is 889. The van der Waals surface area contributed by atoms with Gasteiger partial charge >= 0.3 is 5.97 Å². The van der Waals surface area contributed by atoms with Gasteiger partial charge in [-0.15, -0.1) is 0 Å². The van der Waals surface area contributed by atoms with Crippen molar-refractivity contribution in [2.24, 2.45) is 23.2 Å². The summed E-state index contributed by atoms with van der Waals surface area (Å²) in [5, 5.41) is 10.0. The van der Waals surface area contributed by atoms with Crippen LogP contribution in [0.5, 0.6) is 0 Å². The minimum Gasteiger partial charge on any atom is -0.481 e. The molecule has 2 N–H and O–H groups in total. The van der Waals surface area contributed by atoms with Gasteiger partial charge in [0.05, 0.1) is 0 Å². The predicted octanol–water partition coefficient (Wildman–Crippen LogP) is 4.83. The van der Waals surface area contributed by atoms with Crippen LogP contribution in [0.1, 0.15) is 57.9 Å². The number of carbonyl (C=O) groups is 1. The molecule has 4 rings (SSSR count). The van der Waals surface area contributed by atoms with E-state index in [-0.39, 0.29) is 23.8 Å². The summed E-state index contributed by atoms with van der Waals surface area (Å²) >= 11 is 0. The van der Waals surface area contributed by atoms with Crippen LogP contribution >= 0.6 is 0 Å². The molecule has 3 saturated carbocycles. The lowest BCUT2D eigenvalue weighted by atomic mass is 9.44. The van der Waals surface area contributed by atoms with E-state index in [9.17, 15) is 13.2 Å². The highest BCUT2D eigenvalue weighted by Gasteiger charge is 2.57. The molecule has 0 amide bonds. The van der Waals surface area contributed by atoms with Crippen LogP contribution in [0.4, 0.5) is 0 Å². The van der Waals surface area contributed by atoms with Crippen LogP contribution in [0.2, 0.25) is 0 Å². The van der Waals surface area contributed by atoms with Gasteiger partial charge in [-0.3, -0.25) is 4.79 Å². The monoisotopic (exact) mass is 431 g/mol. The van der Waals surface area contributed by atoms with E-state index in [1.165, 1.54) is 11.8 Å². The van der Waals surface area contributed by atoms with E-state index in [0.717, 1.165) is 24.8 Å². The molecule has 5 nitrogen and oxygen atoms in total. The highest BCUT2D eigenvalue weighted by molar-refractivity contribution is 7.92. The van der Waals surface area contributed by atoms with Crippen LogP contribution in [0.25, 0.3) is 6.08 Å². The average Bonchev–Trinajstić information content (AvgIpc) is 2.70. The molecule has 1 aromatic rings. The fraction of sp³-hybridized carbons (Fsp3) is 0.542. The zero-order chi connectivity index (χ0) is 21.8. The number of allylic oxidation sites excluding steroid dienone is 2. The molecule has 30 heavy (non-hydrogen) atoms. The second kappa shape index (κ2) is 9.48.